The highest BCUT2D eigenvalue weighted by Gasteiger charge is 2.46. The maximum Gasteiger partial charge on any atom is 0.400 e. The highest BCUT2D eigenvalue weighted by molar-refractivity contribution is 5.69. The van der Waals surface area contributed by atoms with Crippen LogP contribution in [0.3, 0.4) is 0 Å². The van der Waals surface area contributed by atoms with Crippen molar-refractivity contribution in [3.8, 4) is 11.5 Å². The summed E-state index contributed by atoms with van der Waals surface area (Å²) >= 11 is 0. The zero-order chi connectivity index (χ0) is 38.2. The summed E-state index contributed by atoms with van der Waals surface area (Å²) in [7, 11) is 0. The number of halogens is 10. The van der Waals surface area contributed by atoms with Crippen LogP contribution in [0.1, 0.15) is 96.8 Å². The number of rotatable bonds is 16. The van der Waals surface area contributed by atoms with Crippen molar-refractivity contribution in [1.29, 1.82) is 0 Å². The van der Waals surface area contributed by atoms with Crippen LogP contribution in [0.15, 0.2) is 24.3 Å². The van der Waals surface area contributed by atoms with Gasteiger partial charge in [-0.2, -0.15) is 17.6 Å². The van der Waals surface area contributed by atoms with Crippen LogP contribution >= 0.6 is 0 Å². The highest BCUT2D eigenvalue weighted by Crippen LogP contribution is 2.41. The van der Waals surface area contributed by atoms with Crippen molar-refractivity contribution < 1.29 is 72.4 Å². The van der Waals surface area contributed by atoms with Crippen molar-refractivity contribution in [2.24, 2.45) is 17.8 Å². The van der Waals surface area contributed by atoms with Crippen LogP contribution < -0.4 is 9.47 Å². The van der Waals surface area contributed by atoms with Crippen LogP contribution in [0, 0.1) is 52.7 Å². The van der Waals surface area contributed by atoms with Crippen LogP contribution in [0.4, 0.5) is 43.9 Å². The Kier molecular flexibility index (Phi) is 14.1. The molecule has 2 aromatic carbocycles. The van der Waals surface area contributed by atoms with Gasteiger partial charge in [-0.25, -0.2) is 26.3 Å². The maximum absolute atomic E-state index is 14.6. The predicted molar refractivity (Wildman–Crippen MR) is 164 cm³/mol. The number of hydrogen-bond donors (Lipinski definition) is 0. The summed E-state index contributed by atoms with van der Waals surface area (Å²) in [5.74, 6) is -15.3. The van der Waals surface area contributed by atoms with Gasteiger partial charge in [0.25, 0.3) is 0 Å². The molecule has 0 saturated heterocycles. The molecule has 0 amide bonds. The number of ether oxygens (including phenoxy) is 4. The lowest BCUT2D eigenvalue weighted by atomic mass is 9.86. The summed E-state index contributed by atoms with van der Waals surface area (Å²) in [4.78, 5) is 24.7. The molecule has 52 heavy (non-hydrogen) atoms. The summed E-state index contributed by atoms with van der Waals surface area (Å²) in [6.45, 7) is 1.95. The van der Waals surface area contributed by atoms with Crippen molar-refractivity contribution in [3.05, 3.63) is 59.2 Å². The molecule has 4 rings (SSSR count). The van der Waals surface area contributed by atoms with Crippen molar-refractivity contribution in [2.75, 3.05) is 0 Å². The second-order valence-electron chi connectivity index (χ2n) is 13.5. The molecule has 2 saturated carbocycles. The molecule has 290 valence electrons. The van der Waals surface area contributed by atoms with E-state index in [2.05, 4.69) is 9.47 Å². The van der Waals surface area contributed by atoms with Gasteiger partial charge < -0.3 is 18.9 Å². The van der Waals surface area contributed by atoms with Crippen LogP contribution in [0.25, 0.3) is 0 Å². The molecule has 0 heterocycles. The number of carbonyl (C=O) groups is 2. The molecule has 0 aliphatic heterocycles. The molecule has 0 aromatic heterocycles. The fourth-order valence-corrected chi connectivity index (χ4v) is 6.52. The van der Waals surface area contributed by atoms with E-state index in [0.29, 0.717) is 49.9 Å². The summed E-state index contributed by atoms with van der Waals surface area (Å²) < 4.78 is 158. The Morgan fingerprint density at radius 1 is 0.596 bits per heavy atom. The molecule has 2 aliphatic carbocycles. The number of alkyl halides is 4. The zero-order valence-electron chi connectivity index (χ0n) is 28.3. The van der Waals surface area contributed by atoms with E-state index in [1.807, 2.05) is 6.92 Å². The summed E-state index contributed by atoms with van der Waals surface area (Å²) in [6.07, 6.45) is -5.92. The van der Waals surface area contributed by atoms with E-state index in [1.54, 1.807) is 0 Å². The fraction of sp³-hybridized carbons (Fsp3) is 0.611. The lowest BCUT2D eigenvalue weighted by molar-refractivity contribution is -0.226. The standard InChI is InChI=1S/C36H40F10O6/c1-20(4-2-6-31(47)49-23-12-8-21(9-13-23)35(43,44)51-25-16-27(37)33(41)28(38)17-25)5-3-7-32(48)50-24-14-10-22(11-15-24)36(45,46)52-26-18-29(39)34(42)30(40)19-26/h16-24H,2-15H2,1H3. The molecule has 0 unspecified atom stereocenters. The van der Waals surface area contributed by atoms with Crippen LogP contribution in [0.2, 0.25) is 0 Å². The van der Waals surface area contributed by atoms with Gasteiger partial charge in [-0.15, -0.1) is 0 Å². The maximum atomic E-state index is 14.6. The van der Waals surface area contributed by atoms with Gasteiger partial charge in [0.15, 0.2) is 34.9 Å². The Labute approximate surface area is 294 Å². The van der Waals surface area contributed by atoms with Gasteiger partial charge >= 0.3 is 24.2 Å². The molecule has 0 N–H and O–H groups in total. The molecular formula is C36H40F10O6. The van der Waals surface area contributed by atoms with E-state index < -0.39 is 94.6 Å². The number of esters is 2. The topological polar surface area (TPSA) is 71.1 Å². The van der Waals surface area contributed by atoms with Gasteiger partial charge in [0.1, 0.15) is 23.7 Å². The van der Waals surface area contributed by atoms with Gasteiger partial charge in [0.05, 0.1) is 11.8 Å². The van der Waals surface area contributed by atoms with E-state index in [0.717, 1.165) is 0 Å². The van der Waals surface area contributed by atoms with Crippen LogP contribution in [0.5, 0.6) is 11.5 Å². The van der Waals surface area contributed by atoms with Gasteiger partial charge in [-0.05, 0) is 70.1 Å². The van der Waals surface area contributed by atoms with Crippen LogP contribution in [-0.2, 0) is 19.1 Å². The minimum atomic E-state index is -3.78. The minimum absolute atomic E-state index is 0.0753. The Morgan fingerprint density at radius 3 is 1.21 bits per heavy atom. The molecule has 16 heteroatoms. The highest BCUT2D eigenvalue weighted by atomic mass is 19.3. The smallest absolute Gasteiger partial charge is 0.400 e. The minimum Gasteiger partial charge on any atom is -0.462 e. The van der Waals surface area contributed by atoms with Gasteiger partial charge in [-0.3, -0.25) is 9.59 Å². The van der Waals surface area contributed by atoms with Crippen molar-refractivity contribution in [1.82, 2.24) is 0 Å². The van der Waals surface area contributed by atoms with E-state index in [4.69, 9.17) is 9.47 Å². The zero-order valence-corrected chi connectivity index (χ0v) is 28.3. The Balaban J connectivity index is 1.05. The normalized spacial score (nSPS) is 21.7. The summed E-state index contributed by atoms with van der Waals surface area (Å²) in [6, 6.07) is 1.37. The third kappa shape index (κ3) is 11.6. The fourth-order valence-electron chi connectivity index (χ4n) is 6.52. The third-order valence-corrected chi connectivity index (χ3v) is 9.47. The van der Waals surface area contributed by atoms with Gasteiger partial charge in [0.2, 0.25) is 0 Å². The molecule has 2 aliphatic rings. The van der Waals surface area contributed by atoms with E-state index >= 15 is 0 Å². The van der Waals surface area contributed by atoms with Crippen molar-refractivity contribution in [2.45, 2.75) is 121 Å². The second kappa shape index (κ2) is 17.9. The third-order valence-electron chi connectivity index (χ3n) is 9.47. The molecule has 0 radical (unpaired) electrons. The van der Waals surface area contributed by atoms with E-state index in [1.165, 1.54) is 0 Å². The van der Waals surface area contributed by atoms with Gasteiger partial charge in [0, 0.05) is 37.1 Å². The molecule has 0 bridgehead atoms. The monoisotopic (exact) mass is 758 g/mol. The van der Waals surface area contributed by atoms with Crippen LogP contribution in [-0.4, -0.2) is 36.4 Å². The lowest BCUT2D eigenvalue weighted by Crippen LogP contribution is -2.38. The molecule has 0 spiro atoms. The lowest BCUT2D eigenvalue weighted by Gasteiger charge is -2.33. The number of carbonyl (C=O) groups excluding carboxylic acids is 2. The first-order valence-corrected chi connectivity index (χ1v) is 17.2. The van der Waals surface area contributed by atoms with E-state index in [-0.39, 0.29) is 70.1 Å². The number of hydrogen-bond acceptors (Lipinski definition) is 6. The molecular weight excluding hydrogens is 718 g/mol. The Morgan fingerprint density at radius 2 is 0.904 bits per heavy atom. The first kappa shape index (κ1) is 41.0. The largest absolute Gasteiger partial charge is 0.462 e. The molecule has 0 atom stereocenters. The van der Waals surface area contributed by atoms with Gasteiger partial charge in [-0.1, -0.05) is 19.8 Å². The second-order valence-corrected chi connectivity index (χ2v) is 13.5. The van der Waals surface area contributed by atoms with E-state index in [9.17, 15) is 53.5 Å². The summed E-state index contributed by atoms with van der Waals surface area (Å²) in [5, 5.41) is 0. The summed E-state index contributed by atoms with van der Waals surface area (Å²) in [5.41, 5.74) is 0. The molecule has 2 aromatic rings. The molecule has 2 fully saturated rings. The quantitative estimate of drug-likeness (QED) is 0.0965. The van der Waals surface area contributed by atoms with Crippen molar-refractivity contribution in [3.63, 3.8) is 0 Å². The first-order valence-electron chi connectivity index (χ1n) is 17.2. The predicted octanol–water partition coefficient (Wildman–Crippen LogP) is 10.3. The average Bonchev–Trinajstić information content (AvgIpc) is 3.06. The Hall–Kier alpha value is -3.72. The molecule has 6 nitrogen and oxygen atoms in total. The Bertz CT molecular complexity index is 1370. The van der Waals surface area contributed by atoms with Crippen molar-refractivity contribution >= 4 is 11.9 Å². The number of benzene rings is 2. The average molecular weight is 759 g/mol. The first-order chi connectivity index (χ1) is 24.4. The SMILES string of the molecule is CC(CCCC(=O)OC1CCC(C(F)(F)Oc2cc(F)c(F)c(F)c2)CC1)CCCC(=O)OC1CCC(C(F)(F)Oc2cc(F)c(F)c(F)c2)CC1.